The summed E-state index contributed by atoms with van der Waals surface area (Å²) >= 11 is 0. The molecule has 2 atom stereocenters. The molecule has 1 N–H and O–H groups in total. The molecule has 6 rings (SSSR count). The van der Waals surface area contributed by atoms with E-state index < -0.39 is 11.9 Å². The van der Waals surface area contributed by atoms with Crippen LogP contribution in [-0.4, -0.2) is 26.0 Å². The maximum atomic E-state index is 14.2. The number of ketones is 1. The lowest BCUT2D eigenvalue weighted by Crippen LogP contribution is -2.36. The molecular formula is C39H37NO6. The number of Topliss-reactive ketones (excluding diaryl/α,β-unsaturated/α-hetero) is 1. The van der Waals surface area contributed by atoms with Crippen molar-refractivity contribution >= 4 is 11.8 Å². The van der Waals surface area contributed by atoms with E-state index >= 15 is 0 Å². The molecule has 7 heteroatoms. The van der Waals surface area contributed by atoms with Crippen molar-refractivity contribution in [1.29, 1.82) is 0 Å². The summed E-state index contributed by atoms with van der Waals surface area (Å²) in [6.45, 7) is 2.40. The average Bonchev–Trinajstić information content (AvgIpc) is 3.09. The summed E-state index contributed by atoms with van der Waals surface area (Å²) in [5, 5.41) is 3.44. The Morgan fingerprint density at radius 3 is 2.15 bits per heavy atom. The molecule has 1 heterocycles. The minimum Gasteiger partial charge on any atom is -0.493 e. The van der Waals surface area contributed by atoms with Gasteiger partial charge in [0.25, 0.3) is 0 Å². The summed E-state index contributed by atoms with van der Waals surface area (Å²) in [4.78, 5) is 28.0. The van der Waals surface area contributed by atoms with Gasteiger partial charge in [-0.25, -0.2) is 4.79 Å². The SMILES string of the molecule is COc1ccc([C@@H]2CC(=O)C3=C(C2)NC(C)=C(C(=O)OCc2ccccc2)[C@H]3c2cccc(OCc3ccccc3)c2)cc1OC. The molecule has 4 aromatic rings. The summed E-state index contributed by atoms with van der Waals surface area (Å²) in [6, 6.07) is 33.0. The minimum absolute atomic E-state index is 0.0185. The van der Waals surface area contributed by atoms with E-state index in [1.807, 2.05) is 110 Å². The van der Waals surface area contributed by atoms with Gasteiger partial charge in [0.15, 0.2) is 17.3 Å². The lowest BCUT2D eigenvalue weighted by atomic mass is 9.71. The van der Waals surface area contributed by atoms with Crippen molar-refractivity contribution in [2.75, 3.05) is 14.2 Å². The van der Waals surface area contributed by atoms with E-state index in [0.717, 1.165) is 28.0 Å². The first-order valence-corrected chi connectivity index (χ1v) is 15.4. The number of esters is 1. The number of benzene rings is 4. The van der Waals surface area contributed by atoms with E-state index in [0.29, 0.717) is 53.5 Å². The molecule has 0 saturated carbocycles. The lowest BCUT2D eigenvalue weighted by molar-refractivity contribution is -0.140. The zero-order chi connectivity index (χ0) is 32.0. The summed E-state index contributed by atoms with van der Waals surface area (Å²) in [5.41, 5.74) is 6.21. The van der Waals surface area contributed by atoms with Crippen LogP contribution in [0.1, 0.15) is 53.9 Å². The predicted octanol–water partition coefficient (Wildman–Crippen LogP) is 7.39. The zero-order valence-electron chi connectivity index (χ0n) is 26.2. The van der Waals surface area contributed by atoms with E-state index in [-0.39, 0.29) is 18.3 Å². The highest BCUT2D eigenvalue weighted by atomic mass is 16.5. The molecule has 0 bridgehead atoms. The van der Waals surface area contributed by atoms with Gasteiger partial charge in [-0.05, 0) is 65.8 Å². The number of dihydropyridines is 1. The quantitative estimate of drug-likeness (QED) is 0.186. The van der Waals surface area contributed by atoms with Gasteiger partial charge < -0.3 is 24.3 Å². The highest BCUT2D eigenvalue weighted by molar-refractivity contribution is 6.04. The molecule has 1 aliphatic heterocycles. The third-order valence-electron chi connectivity index (χ3n) is 8.58. The van der Waals surface area contributed by atoms with E-state index in [1.165, 1.54) is 0 Å². The number of allylic oxidation sites excluding steroid dienone is 3. The van der Waals surface area contributed by atoms with Gasteiger partial charge in [-0.3, -0.25) is 4.79 Å². The van der Waals surface area contributed by atoms with E-state index in [1.54, 1.807) is 14.2 Å². The van der Waals surface area contributed by atoms with E-state index in [4.69, 9.17) is 18.9 Å². The van der Waals surface area contributed by atoms with Crippen molar-refractivity contribution in [3.8, 4) is 17.2 Å². The number of methoxy groups -OCH3 is 2. The molecule has 4 aromatic carbocycles. The van der Waals surface area contributed by atoms with Crippen molar-refractivity contribution in [2.24, 2.45) is 0 Å². The van der Waals surface area contributed by atoms with Crippen molar-refractivity contribution in [3.63, 3.8) is 0 Å². The number of carbonyl (C=O) groups excluding carboxylic acids is 2. The van der Waals surface area contributed by atoms with E-state index in [2.05, 4.69) is 5.32 Å². The zero-order valence-corrected chi connectivity index (χ0v) is 26.2. The second kappa shape index (κ2) is 13.8. The Hall–Kier alpha value is -5.30. The number of hydrogen-bond acceptors (Lipinski definition) is 7. The topological polar surface area (TPSA) is 83.1 Å². The Kier molecular flexibility index (Phi) is 9.20. The fraction of sp³-hybridized carbons (Fsp3) is 0.231. The van der Waals surface area contributed by atoms with Gasteiger partial charge in [-0.15, -0.1) is 0 Å². The number of carbonyl (C=O) groups is 2. The van der Waals surface area contributed by atoms with Crippen LogP contribution in [0, 0.1) is 0 Å². The van der Waals surface area contributed by atoms with Crippen LogP contribution >= 0.6 is 0 Å². The van der Waals surface area contributed by atoms with Gasteiger partial charge >= 0.3 is 5.97 Å². The van der Waals surface area contributed by atoms with E-state index in [9.17, 15) is 9.59 Å². The third-order valence-corrected chi connectivity index (χ3v) is 8.58. The molecule has 2 aliphatic rings. The van der Waals surface area contributed by atoms with Crippen molar-refractivity contribution in [1.82, 2.24) is 5.32 Å². The fourth-order valence-electron chi connectivity index (χ4n) is 6.31. The molecule has 234 valence electrons. The van der Waals surface area contributed by atoms with Crippen molar-refractivity contribution in [2.45, 2.75) is 44.8 Å². The Bertz CT molecular complexity index is 1790. The summed E-state index contributed by atoms with van der Waals surface area (Å²) in [7, 11) is 3.20. The number of ether oxygens (including phenoxy) is 4. The van der Waals surface area contributed by atoms with Crippen molar-refractivity contribution < 1.29 is 28.5 Å². The average molecular weight is 616 g/mol. The molecule has 7 nitrogen and oxygen atoms in total. The predicted molar refractivity (Wildman–Crippen MR) is 176 cm³/mol. The number of hydrogen-bond donors (Lipinski definition) is 1. The lowest BCUT2D eigenvalue weighted by Gasteiger charge is -2.37. The molecule has 0 spiro atoms. The largest absolute Gasteiger partial charge is 0.493 e. The van der Waals surface area contributed by atoms with Gasteiger partial charge in [0, 0.05) is 29.3 Å². The highest BCUT2D eigenvalue weighted by Gasteiger charge is 2.41. The van der Waals surface area contributed by atoms with Crippen LogP contribution in [-0.2, 0) is 27.5 Å². The fourth-order valence-corrected chi connectivity index (χ4v) is 6.31. The summed E-state index contributed by atoms with van der Waals surface area (Å²) in [5.74, 6) is 0.747. The second-order valence-corrected chi connectivity index (χ2v) is 11.5. The third kappa shape index (κ3) is 6.54. The Labute approximate surface area is 269 Å². The Morgan fingerprint density at radius 2 is 1.46 bits per heavy atom. The highest BCUT2D eigenvalue weighted by Crippen LogP contribution is 2.47. The molecule has 0 aromatic heterocycles. The van der Waals surface area contributed by atoms with Gasteiger partial charge in [0.2, 0.25) is 0 Å². The molecular weight excluding hydrogens is 578 g/mol. The van der Waals surface area contributed by atoms with Crippen LogP contribution in [0.4, 0.5) is 0 Å². The monoisotopic (exact) mass is 615 g/mol. The molecule has 0 amide bonds. The number of rotatable bonds is 10. The summed E-state index contributed by atoms with van der Waals surface area (Å²) < 4.78 is 23.0. The Balaban J connectivity index is 1.35. The van der Waals surface area contributed by atoms with Crippen LogP contribution in [0.15, 0.2) is 126 Å². The normalized spacial score (nSPS) is 17.6. The first kappa shape index (κ1) is 30.7. The molecule has 0 radical (unpaired) electrons. The second-order valence-electron chi connectivity index (χ2n) is 11.5. The standard InChI is InChI=1S/C39H37NO6/c1-25-36(39(42)46-24-27-13-8-5-9-14-27)37(29-15-10-16-31(19-29)45-23-26-11-6-4-7-12-26)38-32(40-25)20-30(21-33(38)41)28-17-18-34(43-2)35(22-28)44-3/h4-19,22,30,37,40H,20-21,23-24H2,1-3H3/t30-,37+/m0/s1. The molecule has 0 saturated heterocycles. The molecule has 0 fully saturated rings. The van der Waals surface area contributed by atoms with Gasteiger partial charge in [-0.2, -0.15) is 0 Å². The van der Waals surface area contributed by atoms with Gasteiger partial charge in [0.1, 0.15) is 19.0 Å². The Morgan fingerprint density at radius 1 is 0.761 bits per heavy atom. The summed E-state index contributed by atoms with van der Waals surface area (Å²) in [6.07, 6.45) is 0.892. The van der Waals surface area contributed by atoms with Crippen LogP contribution in [0.2, 0.25) is 0 Å². The maximum absolute atomic E-state index is 14.2. The number of nitrogens with one attached hydrogen (secondary N) is 1. The maximum Gasteiger partial charge on any atom is 0.337 e. The first-order valence-electron chi connectivity index (χ1n) is 15.4. The van der Waals surface area contributed by atoms with Crippen molar-refractivity contribution in [3.05, 3.63) is 148 Å². The van der Waals surface area contributed by atoms with Gasteiger partial charge in [0.05, 0.1) is 19.8 Å². The molecule has 46 heavy (non-hydrogen) atoms. The van der Waals surface area contributed by atoms with Crippen LogP contribution in [0.25, 0.3) is 0 Å². The smallest absolute Gasteiger partial charge is 0.337 e. The van der Waals surface area contributed by atoms with Crippen LogP contribution in [0.5, 0.6) is 17.2 Å². The first-order chi connectivity index (χ1) is 22.4. The molecule has 0 unspecified atom stereocenters. The minimum atomic E-state index is -0.612. The molecule has 1 aliphatic carbocycles. The van der Waals surface area contributed by atoms with Gasteiger partial charge in [-0.1, -0.05) is 78.9 Å². The van der Waals surface area contributed by atoms with Crippen LogP contribution < -0.4 is 19.5 Å². The van der Waals surface area contributed by atoms with Crippen LogP contribution in [0.3, 0.4) is 0 Å².